The maximum Gasteiger partial charge on any atom is 0.318 e. The summed E-state index contributed by atoms with van der Waals surface area (Å²) in [6.07, 6.45) is 0. The second kappa shape index (κ2) is 7.76. The Kier molecular flexibility index (Phi) is 5.45. The average molecular weight is 363 g/mol. The SMILES string of the molecule is COc1cc([C@H]2NC[C@@H](C(=O)O)S2)ccc1OCc1ccc(F)cc1. The molecule has 0 spiro atoms. The minimum Gasteiger partial charge on any atom is -0.493 e. The summed E-state index contributed by atoms with van der Waals surface area (Å²) in [6, 6.07) is 11.6. The Morgan fingerprint density at radius 1 is 1.28 bits per heavy atom. The fraction of sp³-hybridized carbons (Fsp3) is 0.278. The number of methoxy groups -OCH3 is 1. The van der Waals surface area contributed by atoms with E-state index in [2.05, 4.69) is 5.32 Å². The maximum atomic E-state index is 12.9. The van der Waals surface area contributed by atoms with E-state index in [0.717, 1.165) is 11.1 Å². The van der Waals surface area contributed by atoms with E-state index in [1.165, 1.54) is 23.9 Å². The van der Waals surface area contributed by atoms with Crippen LogP contribution in [0.15, 0.2) is 42.5 Å². The van der Waals surface area contributed by atoms with Crippen molar-refractivity contribution in [2.45, 2.75) is 17.2 Å². The number of hydrogen-bond acceptors (Lipinski definition) is 5. The number of rotatable bonds is 6. The van der Waals surface area contributed by atoms with Gasteiger partial charge in [0.15, 0.2) is 11.5 Å². The number of aliphatic carboxylic acids is 1. The highest BCUT2D eigenvalue weighted by Gasteiger charge is 2.31. The van der Waals surface area contributed by atoms with E-state index < -0.39 is 11.2 Å². The molecule has 25 heavy (non-hydrogen) atoms. The second-order valence-corrected chi connectivity index (χ2v) is 6.89. The topological polar surface area (TPSA) is 67.8 Å². The van der Waals surface area contributed by atoms with Crippen molar-refractivity contribution in [2.24, 2.45) is 0 Å². The molecule has 0 bridgehead atoms. The van der Waals surface area contributed by atoms with Gasteiger partial charge in [0.25, 0.3) is 0 Å². The molecular weight excluding hydrogens is 345 g/mol. The molecule has 1 saturated heterocycles. The van der Waals surface area contributed by atoms with Crippen LogP contribution in [0.25, 0.3) is 0 Å². The summed E-state index contributed by atoms with van der Waals surface area (Å²) in [5, 5.41) is 11.7. The van der Waals surface area contributed by atoms with Crippen LogP contribution < -0.4 is 14.8 Å². The Morgan fingerprint density at radius 3 is 2.68 bits per heavy atom. The minimum atomic E-state index is -0.814. The Labute approximate surface area is 149 Å². The number of carboxylic acid groups (broad SMARTS) is 1. The summed E-state index contributed by atoms with van der Waals surface area (Å²) in [5.74, 6) is 0.0484. The summed E-state index contributed by atoms with van der Waals surface area (Å²) in [6.45, 7) is 0.725. The van der Waals surface area contributed by atoms with Gasteiger partial charge >= 0.3 is 5.97 Å². The molecule has 1 aliphatic rings. The first-order valence-corrected chi connectivity index (χ1v) is 8.68. The monoisotopic (exact) mass is 363 g/mol. The summed E-state index contributed by atoms with van der Waals surface area (Å²) < 4.78 is 24.1. The molecule has 0 amide bonds. The van der Waals surface area contributed by atoms with E-state index in [1.807, 2.05) is 12.1 Å². The highest BCUT2D eigenvalue weighted by molar-refractivity contribution is 8.01. The molecule has 2 aromatic rings. The van der Waals surface area contributed by atoms with Gasteiger partial charge in [-0.2, -0.15) is 0 Å². The van der Waals surface area contributed by atoms with Crippen LogP contribution in [0.4, 0.5) is 4.39 Å². The second-order valence-electron chi connectivity index (χ2n) is 5.58. The lowest BCUT2D eigenvalue weighted by Gasteiger charge is -2.15. The number of hydrogen-bond donors (Lipinski definition) is 2. The first-order chi connectivity index (χ1) is 12.1. The van der Waals surface area contributed by atoms with Gasteiger partial charge in [0.05, 0.1) is 12.5 Å². The number of carboxylic acids is 1. The molecule has 0 unspecified atom stereocenters. The van der Waals surface area contributed by atoms with Crippen LogP contribution in [0.5, 0.6) is 11.5 Å². The molecule has 1 aliphatic heterocycles. The van der Waals surface area contributed by atoms with Crippen LogP contribution in [0.3, 0.4) is 0 Å². The number of ether oxygens (including phenoxy) is 2. The third kappa shape index (κ3) is 4.24. The lowest BCUT2D eigenvalue weighted by atomic mass is 10.2. The van der Waals surface area contributed by atoms with Crippen molar-refractivity contribution >= 4 is 17.7 Å². The molecule has 2 atom stereocenters. The van der Waals surface area contributed by atoms with Crippen LogP contribution >= 0.6 is 11.8 Å². The van der Waals surface area contributed by atoms with Crippen molar-refractivity contribution in [3.8, 4) is 11.5 Å². The zero-order chi connectivity index (χ0) is 17.8. The molecule has 2 N–H and O–H groups in total. The van der Waals surface area contributed by atoms with Crippen molar-refractivity contribution in [3.63, 3.8) is 0 Å². The largest absolute Gasteiger partial charge is 0.493 e. The van der Waals surface area contributed by atoms with E-state index in [9.17, 15) is 9.18 Å². The van der Waals surface area contributed by atoms with Crippen LogP contribution in [-0.4, -0.2) is 30.0 Å². The molecule has 3 rings (SSSR count). The zero-order valence-electron chi connectivity index (χ0n) is 13.6. The predicted octanol–water partition coefficient (Wildman–Crippen LogP) is 3.20. The number of benzene rings is 2. The molecule has 1 heterocycles. The molecule has 1 fully saturated rings. The maximum absolute atomic E-state index is 12.9. The van der Waals surface area contributed by atoms with Gasteiger partial charge in [-0.1, -0.05) is 18.2 Å². The number of halogens is 1. The van der Waals surface area contributed by atoms with Gasteiger partial charge in [-0.05, 0) is 35.4 Å². The highest BCUT2D eigenvalue weighted by atomic mass is 32.2. The lowest BCUT2D eigenvalue weighted by Crippen LogP contribution is -2.21. The van der Waals surface area contributed by atoms with E-state index in [-0.39, 0.29) is 11.2 Å². The fourth-order valence-electron chi connectivity index (χ4n) is 2.52. The van der Waals surface area contributed by atoms with Gasteiger partial charge in [-0.3, -0.25) is 10.1 Å². The molecule has 132 valence electrons. The van der Waals surface area contributed by atoms with E-state index in [4.69, 9.17) is 14.6 Å². The van der Waals surface area contributed by atoms with Crippen molar-refractivity contribution in [3.05, 3.63) is 59.4 Å². The van der Waals surface area contributed by atoms with Crippen LogP contribution in [-0.2, 0) is 11.4 Å². The fourth-order valence-corrected chi connectivity index (χ4v) is 3.66. The number of nitrogens with one attached hydrogen (secondary N) is 1. The third-order valence-electron chi connectivity index (χ3n) is 3.86. The molecule has 0 aromatic heterocycles. The molecule has 2 aromatic carbocycles. The van der Waals surface area contributed by atoms with Gasteiger partial charge in [-0.15, -0.1) is 11.8 Å². The summed E-state index contributed by atoms with van der Waals surface area (Å²) in [7, 11) is 1.55. The summed E-state index contributed by atoms with van der Waals surface area (Å²) in [4.78, 5) is 11.1. The zero-order valence-corrected chi connectivity index (χ0v) is 14.4. The van der Waals surface area contributed by atoms with E-state index in [1.54, 1.807) is 25.3 Å². The Morgan fingerprint density at radius 2 is 2.04 bits per heavy atom. The smallest absolute Gasteiger partial charge is 0.318 e. The predicted molar refractivity (Wildman–Crippen MR) is 93.5 cm³/mol. The van der Waals surface area contributed by atoms with Crippen LogP contribution in [0.1, 0.15) is 16.5 Å². The molecule has 7 heteroatoms. The normalized spacial score (nSPS) is 19.6. The van der Waals surface area contributed by atoms with E-state index in [0.29, 0.717) is 24.7 Å². The standard InChI is InChI=1S/C18H18FNO4S/c1-23-15-8-12(17-20-9-16(25-17)18(21)22)4-7-14(15)24-10-11-2-5-13(19)6-3-11/h2-8,16-17,20H,9-10H2,1H3,(H,21,22)/t16-,17-/m0/s1. The van der Waals surface area contributed by atoms with Crippen LogP contribution in [0, 0.1) is 5.82 Å². The lowest BCUT2D eigenvalue weighted by molar-refractivity contribution is -0.136. The quantitative estimate of drug-likeness (QED) is 0.822. The Balaban J connectivity index is 1.69. The molecular formula is C18H18FNO4S. The van der Waals surface area contributed by atoms with Crippen molar-refractivity contribution in [1.82, 2.24) is 5.32 Å². The van der Waals surface area contributed by atoms with Gasteiger partial charge in [0.2, 0.25) is 0 Å². The number of thioether (sulfide) groups is 1. The van der Waals surface area contributed by atoms with Gasteiger partial charge in [-0.25, -0.2) is 4.39 Å². The molecule has 0 aliphatic carbocycles. The van der Waals surface area contributed by atoms with Crippen molar-refractivity contribution in [1.29, 1.82) is 0 Å². The van der Waals surface area contributed by atoms with Crippen molar-refractivity contribution < 1.29 is 23.8 Å². The molecule has 0 radical (unpaired) electrons. The highest BCUT2D eigenvalue weighted by Crippen LogP contribution is 2.38. The summed E-state index contributed by atoms with van der Waals surface area (Å²) >= 11 is 1.37. The van der Waals surface area contributed by atoms with Crippen molar-refractivity contribution in [2.75, 3.05) is 13.7 Å². The first kappa shape index (κ1) is 17.6. The van der Waals surface area contributed by atoms with Crippen LogP contribution in [0.2, 0.25) is 0 Å². The Bertz CT molecular complexity index is 753. The van der Waals surface area contributed by atoms with Gasteiger partial charge in [0.1, 0.15) is 17.7 Å². The minimum absolute atomic E-state index is 0.0962. The van der Waals surface area contributed by atoms with Gasteiger partial charge < -0.3 is 14.6 Å². The van der Waals surface area contributed by atoms with Gasteiger partial charge in [0, 0.05) is 6.54 Å². The number of carbonyl (C=O) groups is 1. The molecule has 5 nitrogen and oxygen atoms in total. The molecule has 0 saturated carbocycles. The Hall–Kier alpha value is -2.25. The van der Waals surface area contributed by atoms with E-state index >= 15 is 0 Å². The third-order valence-corrected chi connectivity index (χ3v) is 5.27. The summed E-state index contributed by atoms with van der Waals surface area (Å²) in [5.41, 5.74) is 1.78. The first-order valence-electron chi connectivity index (χ1n) is 7.73. The average Bonchev–Trinajstić information content (AvgIpc) is 3.11.